The molecule has 9 nitrogen and oxygen atoms in total. The van der Waals surface area contributed by atoms with Crippen molar-refractivity contribution in [2.24, 2.45) is 35.5 Å². The van der Waals surface area contributed by atoms with E-state index >= 15 is 0 Å². The van der Waals surface area contributed by atoms with E-state index in [1.165, 1.54) is 303 Å². The number of ketones is 2. The SMILES string of the molecule is CCCCCCCCCCCCC(CCCCCCCCCC)COc1cc(/C=C/C=C2\C(=O)c3cscc3C2=C(C#N)C#N)sc1-c1cc2c(s1)-c1sc(-c3sc(/C=C/C=C4\C(=O)c5cscc5C4=C(C#N)C#N)cc3OCC(CCCCCCCCCC)CCCCCCCCCCCC)cc1C(CCC(C)CCCC(C)C)(CCC(C)CCCC(C)C)O2. The van der Waals surface area contributed by atoms with Gasteiger partial charge in [-0.2, -0.15) is 43.7 Å². The van der Waals surface area contributed by atoms with Gasteiger partial charge in [-0.15, -0.1) is 45.3 Å². The first-order valence-corrected chi connectivity index (χ1v) is 55.3. The van der Waals surface area contributed by atoms with Crippen molar-refractivity contribution in [2.45, 2.75) is 396 Å². The number of rotatable bonds is 66. The molecule has 684 valence electrons. The molecule has 7 heterocycles. The minimum Gasteiger partial charge on any atom is -0.492 e. The summed E-state index contributed by atoms with van der Waals surface area (Å²) in [5.41, 5.74) is 4.41. The molecule has 0 aromatic carbocycles. The molecular weight excluding hydrogens is 1660 g/mol. The van der Waals surface area contributed by atoms with Crippen molar-refractivity contribution in [3.8, 4) is 70.8 Å². The van der Waals surface area contributed by atoms with Crippen LogP contribution >= 0.6 is 68.0 Å². The van der Waals surface area contributed by atoms with Gasteiger partial charge in [0.25, 0.3) is 0 Å². The number of hydrogen-bond acceptors (Lipinski definition) is 15. The second-order valence-electron chi connectivity index (χ2n) is 38.1. The van der Waals surface area contributed by atoms with E-state index in [0.717, 1.165) is 103 Å². The summed E-state index contributed by atoms with van der Waals surface area (Å²) < 4.78 is 23.0. The summed E-state index contributed by atoms with van der Waals surface area (Å²) in [6, 6.07) is 17.7. The van der Waals surface area contributed by atoms with E-state index in [9.17, 15) is 30.6 Å². The maximum absolute atomic E-state index is 14.2. The average molecular weight is 1820 g/mol. The number of thiophene rings is 6. The van der Waals surface area contributed by atoms with Crippen LogP contribution in [0.3, 0.4) is 0 Å². The molecule has 6 aromatic heterocycles. The van der Waals surface area contributed by atoms with Gasteiger partial charge < -0.3 is 14.2 Å². The fraction of sp³-hybridized carbons (Fsp3) is 0.622. The number of carbonyl (C=O) groups is 2. The van der Waals surface area contributed by atoms with Crippen molar-refractivity contribution in [2.75, 3.05) is 13.2 Å². The maximum atomic E-state index is 14.2. The molecule has 0 N–H and O–H groups in total. The fourth-order valence-electron chi connectivity index (χ4n) is 18.8. The smallest absolute Gasteiger partial charge is 0.195 e. The first-order chi connectivity index (χ1) is 61.5. The Labute approximate surface area is 786 Å². The minimum atomic E-state index is -0.636. The van der Waals surface area contributed by atoms with Crippen molar-refractivity contribution < 1.29 is 23.8 Å². The zero-order valence-corrected chi connectivity index (χ0v) is 84.0. The number of carbonyl (C=O) groups excluding carboxylic acids is 2. The van der Waals surface area contributed by atoms with Crippen LogP contribution in [0.2, 0.25) is 0 Å². The van der Waals surface area contributed by atoms with Gasteiger partial charge in [-0.25, -0.2) is 0 Å². The van der Waals surface area contributed by atoms with Gasteiger partial charge in [-0.1, -0.05) is 363 Å². The fourth-order valence-corrected chi connectivity index (χ4v) is 25.1. The summed E-state index contributed by atoms with van der Waals surface area (Å²) in [4.78, 5) is 37.1. The largest absolute Gasteiger partial charge is 0.492 e. The van der Waals surface area contributed by atoms with Gasteiger partial charge in [0.15, 0.2) is 11.6 Å². The quantitative estimate of drug-likeness (QED) is 0.0206. The van der Waals surface area contributed by atoms with E-state index in [-0.39, 0.29) is 22.7 Å². The van der Waals surface area contributed by atoms with E-state index in [1.807, 2.05) is 56.3 Å². The lowest BCUT2D eigenvalue weighted by molar-refractivity contribution is 0.0324. The molecule has 0 fully saturated rings. The Kier molecular flexibility index (Phi) is 47.0. The highest BCUT2D eigenvalue weighted by molar-refractivity contribution is 7.29. The van der Waals surface area contributed by atoms with Crippen LogP contribution in [0.5, 0.6) is 17.2 Å². The predicted molar refractivity (Wildman–Crippen MR) is 544 cm³/mol. The van der Waals surface area contributed by atoms with Gasteiger partial charge in [0.1, 0.15) is 58.3 Å². The zero-order chi connectivity index (χ0) is 89.7. The molecular formula is C111H154N4O5S6. The zero-order valence-electron chi connectivity index (χ0n) is 79.1. The van der Waals surface area contributed by atoms with Crippen LogP contribution in [-0.2, 0) is 5.60 Å². The number of nitriles is 4. The van der Waals surface area contributed by atoms with Crippen molar-refractivity contribution >= 4 is 103 Å². The van der Waals surface area contributed by atoms with Gasteiger partial charge in [-0.3, -0.25) is 9.59 Å². The average Bonchev–Trinajstić information content (AvgIpc) is 1.56. The van der Waals surface area contributed by atoms with E-state index in [0.29, 0.717) is 93.3 Å². The predicted octanol–water partition coefficient (Wildman–Crippen LogP) is 37.1. The Morgan fingerprint density at radius 3 is 1.06 bits per heavy atom. The van der Waals surface area contributed by atoms with E-state index < -0.39 is 5.60 Å². The molecule has 6 aromatic rings. The lowest BCUT2D eigenvalue weighted by atomic mass is 9.78. The summed E-state index contributed by atoms with van der Waals surface area (Å²) in [6.45, 7) is 24.8. The van der Waals surface area contributed by atoms with Crippen LogP contribution in [0.1, 0.15) is 437 Å². The number of hydrogen-bond donors (Lipinski definition) is 0. The van der Waals surface area contributed by atoms with Crippen LogP contribution in [0.25, 0.3) is 52.6 Å². The van der Waals surface area contributed by atoms with Crippen molar-refractivity contribution in [3.63, 3.8) is 0 Å². The molecule has 3 aliphatic rings. The van der Waals surface area contributed by atoms with Crippen molar-refractivity contribution in [1.29, 1.82) is 21.0 Å². The number of allylic oxidation sites excluding steroid dienone is 10. The van der Waals surface area contributed by atoms with Gasteiger partial charge in [0.2, 0.25) is 0 Å². The Morgan fingerprint density at radius 2 is 0.714 bits per heavy atom. The highest BCUT2D eigenvalue weighted by Crippen LogP contribution is 2.61. The van der Waals surface area contributed by atoms with Crippen LogP contribution in [-0.4, -0.2) is 24.8 Å². The molecule has 15 heteroatoms. The minimum absolute atomic E-state index is 0.0605. The number of unbranched alkanes of at least 4 members (excludes halogenated alkanes) is 32. The molecule has 0 bridgehead atoms. The van der Waals surface area contributed by atoms with E-state index in [1.54, 1.807) is 34.8 Å². The highest BCUT2D eigenvalue weighted by Gasteiger charge is 2.45. The topological polar surface area (TPSA) is 157 Å². The van der Waals surface area contributed by atoms with Gasteiger partial charge in [0, 0.05) is 81.6 Å². The van der Waals surface area contributed by atoms with Crippen LogP contribution < -0.4 is 14.2 Å². The highest BCUT2D eigenvalue weighted by atomic mass is 32.1. The maximum Gasteiger partial charge on any atom is 0.195 e. The molecule has 2 aliphatic carbocycles. The summed E-state index contributed by atoms with van der Waals surface area (Å²) in [5, 5.41) is 48.4. The van der Waals surface area contributed by atoms with Crippen molar-refractivity contribution in [1.82, 2.24) is 0 Å². The molecule has 4 unspecified atom stereocenters. The van der Waals surface area contributed by atoms with E-state index in [2.05, 4.69) is 130 Å². The third-order valence-corrected chi connectivity index (χ3v) is 33.0. The second kappa shape index (κ2) is 57.5. The first-order valence-electron chi connectivity index (χ1n) is 50.1. The second-order valence-corrected chi connectivity index (χ2v) is 43.8. The molecule has 0 saturated heterocycles. The molecule has 9 rings (SSSR count). The molecule has 0 amide bonds. The molecule has 0 spiro atoms. The lowest BCUT2D eigenvalue weighted by Gasteiger charge is -2.39. The normalized spacial score (nSPS) is 15.8. The lowest BCUT2D eigenvalue weighted by Crippen LogP contribution is -2.36. The first kappa shape index (κ1) is 103. The summed E-state index contributed by atoms with van der Waals surface area (Å²) in [5.74, 6) is 5.44. The Hall–Kier alpha value is -6.66. The molecule has 0 radical (unpaired) electrons. The monoisotopic (exact) mass is 1820 g/mol. The van der Waals surface area contributed by atoms with Gasteiger partial charge in [-0.05, 0) is 128 Å². The van der Waals surface area contributed by atoms with Gasteiger partial charge >= 0.3 is 0 Å². The standard InChI is InChI=1S/C111H154N4O5S6/c1-11-15-19-23-27-31-33-37-41-45-57-85(55-43-39-35-29-25-21-17-13-3)75-118-98-67-89(59-49-61-91-103(87(71-112)72-113)93-77-121-79-95(93)105(91)116)123-108(98)101-69-97-107(125-101)110-100(120-111(97,65-63-83(9)53-47-51-81(5)6)66-64-84(10)54-48-52-82(7)8)70-102(126-110)109-99(68-90(124-109)60-50-62-92-104(88(73-114)74-115)94-78-122-80-96(94)106(92)117)119-76-86(56-44-40-36-30-26-22-18-14-4)58-46-42-38-34-32-28-24-20-16-12-2/h49-50,59-62,67-70,77-86H,11-48,51-58,63-66,75-76H2,1-10H3/b59-49+,60-50+,91-61-,92-62-. The molecule has 126 heavy (non-hydrogen) atoms. The van der Waals surface area contributed by atoms with Crippen molar-refractivity contribution in [3.05, 3.63) is 130 Å². The van der Waals surface area contributed by atoms with Crippen LogP contribution in [0, 0.1) is 80.8 Å². The number of fused-ring (bicyclic) bond motifs is 5. The number of ether oxygens (including phenoxy) is 3. The number of nitrogens with zero attached hydrogens (tertiary/aromatic N) is 4. The number of Topliss-reactive ketones (excluding diaryl/α,β-unsaturated/α-hetero) is 2. The Bertz CT molecular complexity index is 4590. The Balaban J connectivity index is 1.16. The van der Waals surface area contributed by atoms with Crippen LogP contribution in [0.4, 0.5) is 0 Å². The summed E-state index contributed by atoms with van der Waals surface area (Å²) >= 11 is 9.96. The van der Waals surface area contributed by atoms with Crippen LogP contribution in [0.15, 0.2) is 92.4 Å². The third-order valence-electron chi connectivity index (χ3n) is 26.5. The summed E-state index contributed by atoms with van der Waals surface area (Å²) in [7, 11) is 0. The van der Waals surface area contributed by atoms with Gasteiger partial charge in [0.05, 0.1) is 37.6 Å². The molecule has 1 aliphatic heterocycles. The summed E-state index contributed by atoms with van der Waals surface area (Å²) in [6.07, 6.45) is 73.9. The Morgan fingerprint density at radius 1 is 0.381 bits per heavy atom. The molecule has 0 saturated carbocycles. The van der Waals surface area contributed by atoms with E-state index in [4.69, 9.17) is 14.2 Å². The third kappa shape index (κ3) is 32.1. The molecule has 4 atom stereocenters.